The first-order valence-corrected chi connectivity index (χ1v) is 3.45. The van der Waals surface area contributed by atoms with Gasteiger partial charge >= 0.3 is 5.92 Å². The molecule has 0 saturated carbocycles. The van der Waals surface area contributed by atoms with Crippen LogP contribution < -0.4 is 11.1 Å². The first-order chi connectivity index (χ1) is 6.06. The minimum Gasteiger partial charge on any atom is -0.331 e. The van der Waals surface area contributed by atoms with Crippen LogP contribution in [-0.4, -0.2) is 28.3 Å². The number of hydrogen-bond acceptors (Lipinski definition) is 3. The number of carbonyl (C=O) groups excluding carboxylic acids is 1. The molecule has 0 bridgehead atoms. The molecule has 0 radical (unpaired) electrons. The topological polar surface area (TPSA) is 83.8 Å². The lowest BCUT2D eigenvalue weighted by atomic mass is 10.3. The van der Waals surface area contributed by atoms with Gasteiger partial charge in [0.1, 0.15) is 0 Å². The maximum Gasteiger partial charge on any atom is 0.336 e. The van der Waals surface area contributed by atoms with Crippen LogP contribution in [0.15, 0.2) is 12.4 Å². The Kier molecular flexibility index (Phi) is 2.57. The van der Waals surface area contributed by atoms with E-state index in [9.17, 15) is 13.6 Å². The number of imidazole rings is 1. The number of halogens is 2. The van der Waals surface area contributed by atoms with Crippen LogP contribution in [0.2, 0.25) is 0 Å². The molecule has 13 heavy (non-hydrogen) atoms. The summed E-state index contributed by atoms with van der Waals surface area (Å²) < 4.78 is 25.1. The summed E-state index contributed by atoms with van der Waals surface area (Å²) in [6, 6.07) is 0. The molecule has 0 spiro atoms. The minimum atomic E-state index is -3.56. The third-order valence-electron chi connectivity index (χ3n) is 1.32. The Morgan fingerprint density at radius 3 is 2.92 bits per heavy atom. The van der Waals surface area contributed by atoms with Crippen molar-refractivity contribution in [2.45, 2.75) is 5.92 Å². The normalized spacial score (nSPS) is 11.3. The lowest BCUT2D eigenvalue weighted by Crippen LogP contribution is -2.41. The summed E-state index contributed by atoms with van der Waals surface area (Å²) in [7, 11) is 0. The molecule has 0 fully saturated rings. The molecule has 1 rings (SSSR count). The van der Waals surface area contributed by atoms with E-state index in [1.54, 1.807) is 0 Å². The van der Waals surface area contributed by atoms with Crippen LogP contribution >= 0.6 is 0 Å². The predicted octanol–water partition coefficient (Wildman–Crippen LogP) is -0.0578. The number of hydrogen-bond donors (Lipinski definition) is 3. The Bertz CT molecular complexity index is 285. The highest BCUT2D eigenvalue weighted by atomic mass is 19.3. The minimum absolute atomic E-state index is 0.0295. The molecule has 0 aliphatic heterocycles. The van der Waals surface area contributed by atoms with Gasteiger partial charge < -0.3 is 10.7 Å². The molecule has 0 aliphatic rings. The average Bonchev–Trinajstić information content (AvgIpc) is 2.57. The number of carbonyl (C=O) groups is 1. The van der Waals surface area contributed by atoms with Gasteiger partial charge in [0, 0.05) is 12.4 Å². The number of aromatic nitrogens is 2. The highest BCUT2D eigenvalue weighted by Crippen LogP contribution is 2.13. The van der Waals surface area contributed by atoms with E-state index in [4.69, 9.17) is 5.73 Å². The number of nitrogens with zero attached hydrogens (tertiary/aromatic N) is 1. The fraction of sp³-hybridized carbons (Fsp3) is 0.333. The van der Waals surface area contributed by atoms with Crippen LogP contribution in [0, 0.1) is 0 Å². The molecular weight excluding hydrogens is 182 g/mol. The van der Waals surface area contributed by atoms with Gasteiger partial charge in [-0.15, -0.1) is 0 Å². The van der Waals surface area contributed by atoms with E-state index in [1.807, 2.05) is 5.32 Å². The van der Waals surface area contributed by atoms with Gasteiger partial charge in [0.05, 0.1) is 6.54 Å². The first kappa shape index (κ1) is 9.59. The van der Waals surface area contributed by atoms with E-state index in [2.05, 4.69) is 9.97 Å². The Labute approximate surface area is 72.3 Å². The lowest BCUT2D eigenvalue weighted by Gasteiger charge is -2.11. The summed E-state index contributed by atoms with van der Waals surface area (Å²) in [4.78, 5) is 16.8. The van der Waals surface area contributed by atoms with Crippen molar-refractivity contribution in [1.82, 2.24) is 9.97 Å². The summed E-state index contributed by atoms with van der Waals surface area (Å²) in [6.45, 7) is -1.03. The number of alkyl halides is 2. The van der Waals surface area contributed by atoms with Gasteiger partial charge in [0.2, 0.25) is 5.95 Å². The van der Waals surface area contributed by atoms with Gasteiger partial charge in [-0.05, 0) is 0 Å². The largest absolute Gasteiger partial charge is 0.336 e. The molecule has 5 nitrogen and oxygen atoms in total. The molecule has 1 aromatic rings. The number of amides is 1. The number of H-pyrrole nitrogens is 1. The van der Waals surface area contributed by atoms with Crippen molar-refractivity contribution >= 4 is 11.9 Å². The van der Waals surface area contributed by atoms with Crippen molar-refractivity contribution in [3.63, 3.8) is 0 Å². The fourth-order valence-corrected chi connectivity index (χ4v) is 0.625. The standard InChI is InChI=1S/C6H8F2N4O/c7-6(8,3-9)4(13)12-5-10-1-2-11-5/h1-2H,3,9H2,(H2,10,11,12,13). The highest BCUT2D eigenvalue weighted by Gasteiger charge is 2.37. The van der Waals surface area contributed by atoms with Crippen molar-refractivity contribution in [1.29, 1.82) is 0 Å². The maximum absolute atomic E-state index is 12.6. The molecular formula is C6H8F2N4O. The van der Waals surface area contributed by atoms with Crippen LogP contribution in [0.3, 0.4) is 0 Å². The van der Waals surface area contributed by atoms with Crippen LogP contribution in [0.4, 0.5) is 14.7 Å². The number of rotatable bonds is 3. The molecule has 0 aromatic carbocycles. The molecule has 1 aromatic heterocycles. The van der Waals surface area contributed by atoms with E-state index in [0.29, 0.717) is 0 Å². The maximum atomic E-state index is 12.6. The number of aromatic amines is 1. The Morgan fingerprint density at radius 2 is 2.46 bits per heavy atom. The second-order valence-electron chi connectivity index (χ2n) is 2.30. The van der Waals surface area contributed by atoms with Gasteiger partial charge in [0.25, 0.3) is 5.91 Å². The predicted molar refractivity (Wildman–Crippen MR) is 41.2 cm³/mol. The highest BCUT2D eigenvalue weighted by molar-refractivity contribution is 5.94. The van der Waals surface area contributed by atoms with E-state index >= 15 is 0 Å². The average molecular weight is 190 g/mol. The third kappa shape index (κ3) is 2.22. The molecule has 0 aliphatic carbocycles. The van der Waals surface area contributed by atoms with Gasteiger partial charge in [-0.25, -0.2) is 4.98 Å². The lowest BCUT2D eigenvalue weighted by molar-refractivity contribution is -0.138. The van der Waals surface area contributed by atoms with Gasteiger partial charge in [-0.3, -0.25) is 10.1 Å². The van der Waals surface area contributed by atoms with Gasteiger partial charge in [-0.1, -0.05) is 0 Å². The molecule has 1 heterocycles. The van der Waals surface area contributed by atoms with Crippen molar-refractivity contribution < 1.29 is 13.6 Å². The molecule has 7 heteroatoms. The Hall–Kier alpha value is -1.50. The smallest absolute Gasteiger partial charge is 0.331 e. The van der Waals surface area contributed by atoms with Crippen molar-refractivity contribution in [3.8, 4) is 0 Å². The molecule has 72 valence electrons. The third-order valence-corrected chi connectivity index (χ3v) is 1.32. The Morgan fingerprint density at radius 1 is 1.77 bits per heavy atom. The zero-order valence-electron chi connectivity index (χ0n) is 6.55. The van der Waals surface area contributed by atoms with Crippen molar-refractivity contribution in [2.24, 2.45) is 5.73 Å². The fourth-order valence-electron chi connectivity index (χ4n) is 0.625. The monoisotopic (exact) mass is 190 g/mol. The SMILES string of the molecule is NCC(F)(F)C(=O)Nc1ncc[nH]1. The summed E-state index contributed by atoms with van der Waals surface area (Å²) >= 11 is 0. The summed E-state index contributed by atoms with van der Waals surface area (Å²) in [5, 5.41) is 1.88. The quantitative estimate of drug-likeness (QED) is 0.624. The Balaban J connectivity index is 2.61. The molecule has 0 saturated heterocycles. The summed E-state index contributed by atoms with van der Waals surface area (Å²) in [5.41, 5.74) is 4.69. The van der Waals surface area contributed by atoms with E-state index in [-0.39, 0.29) is 5.95 Å². The van der Waals surface area contributed by atoms with Crippen molar-refractivity contribution in [3.05, 3.63) is 12.4 Å². The molecule has 0 atom stereocenters. The second kappa shape index (κ2) is 3.48. The van der Waals surface area contributed by atoms with E-state index in [0.717, 1.165) is 0 Å². The van der Waals surface area contributed by atoms with Crippen molar-refractivity contribution in [2.75, 3.05) is 11.9 Å². The molecule has 1 amide bonds. The summed E-state index contributed by atoms with van der Waals surface area (Å²) in [6.07, 6.45) is 2.73. The number of nitrogens with one attached hydrogen (secondary N) is 2. The molecule has 4 N–H and O–H groups in total. The van der Waals surface area contributed by atoms with Gasteiger partial charge in [-0.2, -0.15) is 8.78 Å². The van der Waals surface area contributed by atoms with Gasteiger partial charge in [0.15, 0.2) is 0 Å². The van der Waals surface area contributed by atoms with Crippen LogP contribution in [0.1, 0.15) is 0 Å². The van der Waals surface area contributed by atoms with Crippen LogP contribution in [0.25, 0.3) is 0 Å². The number of nitrogens with two attached hydrogens (primary N) is 1. The second-order valence-corrected chi connectivity index (χ2v) is 2.30. The van der Waals surface area contributed by atoms with E-state index < -0.39 is 18.4 Å². The first-order valence-electron chi connectivity index (χ1n) is 3.45. The van der Waals surface area contributed by atoms with E-state index in [1.165, 1.54) is 12.4 Å². The number of anilines is 1. The zero-order chi connectivity index (χ0) is 9.90. The zero-order valence-corrected chi connectivity index (χ0v) is 6.55. The van der Waals surface area contributed by atoms with Crippen LogP contribution in [0.5, 0.6) is 0 Å². The molecule has 0 unspecified atom stereocenters. The summed E-state index contributed by atoms with van der Waals surface area (Å²) in [5.74, 6) is -5.06. The van der Waals surface area contributed by atoms with Crippen LogP contribution in [-0.2, 0) is 4.79 Å².